The van der Waals surface area contributed by atoms with Crippen molar-refractivity contribution in [2.45, 2.75) is 32.6 Å². The van der Waals surface area contributed by atoms with E-state index in [1.165, 1.54) is 0 Å². The van der Waals surface area contributed by atoms with Crippen LogP contribution in [0.25, 0.3) is 0 Å². The van der Waals surface area contributed by atoms with E-state index in [9.17, 15) is 9.59 Å². The van der Waals surface area contributed by atoms with Crippen molar-refractivity contribution in [2.75, 3.05) is 39.4 Å². The Morgan fingerprint density at radius 3 is 2.13 bits per heavy atom. The molecule has 166 valence electrons. The van der Waals surface area contributed by atoms with Crippen LogP contribution in [0.5, 0.6) is 11.5 Å². The Bertz CT molecular complexity index is 840. The maximum Gasteiger partial charge on any atom is 0.226 e. The molecule has 6 heteroatoms. The van der Waals surface area contributed by atoms with Gasteiger partial charge in [-0.25, -0.2) is 0 Å². The van der Waals surface area contributed by atoms with Gasteiger partial charge >= 0.3 is 0 Å². The van der Waals surface area contributed by atoms with Gasteiger partial charge in [-0.3, -0.25) is 9.59 Å². The highest BCUT2D eigenvalue weighted by Crippen LogP contribution is 2.17. The maximum absolute atomic E-state index is 12.6. The van der Waals surface area contributed by atoms with Gasteiger partial charge in [0.15, 0.2) is 0 Å². The van der Waals surface area contributed by atoms with E-state index in [0.29, 0.717) is 58.7 Å². The van der Waals surface area contributed by atoms with Crippen molar-refractivity contribution in [1.82, 2.24) is 9.80 Å². The number of benzene rings is 2. The molecule has 1 aliphatic rings. The fraction of sp³-hybridized carbons (Fsp3) is 0.440. The van der Waals surface area contributed by atoms with Crippen molar-refractivity contribution in [3.05, 3.63) is 60.2 Å². The maximum atomic E-state index is 12.6. The van der Waals surface area contributed by atoms with Gasteiger partial charge in [0.1, 0.15) is 11.5 Å². The average Bonchev–Trinajstić information content (AvgIpc) is 3.05. The molecule has 3 rings (SSSR count). The van der Waals surface area contributed by atoms with Crippen LogP contribution < -0.4 is 9.47 Å². The third kappa shape index (κ3) is 7.31. The number of aryl methyl sites for hydroxylation is 1. The van der Waals surface area contributed by atoms with Crippen LogP contribution in [0.1, 0.15) is 31.2 Å². The Hall–Kier alpha value is -3.02. The van der Waals surface area contributed by atoms with Gasteiger partial charge in [0.2, 0.25) is 11.8 Å². The molecule has 2 aromatic rings. The molecule has 6 nitrogen and oxygen atoms in total. The minimum absolute atomic E-state index is 0.0804. The molecule has 0 saturated carbocycles. The zero-order valence-corrected chi connectivity index (χ0v) is 18.3. The van der Waals surface area contributed by atoms with Crippen LogP contribution in [0.15, 0.2) is 54.6 Å². The van der Waals surface area contributed by atoms with Crippen LogP contribution in [0.4, 0.5) is 0 Å². The van der Waals surface area contributed by atoms with Crippen molar-refractivity contribution < 1.29 is 19.1 Å². The van der Waals surface area contributed by atoms with Gasteiger partial charge in [-0.05, 0) is 43.5 Å². The Morgan fingerprint density at radius 2 is 1.42 bits per heavy atom. The predicted octanol–water partition coefficient (Wildman–Crippen LogP) is 3.68. The van der Waals surface area contributed by atoms with Gasteiger partial charge in [0, 0.05) is 32.6 Å². The number of hydrogen-bond acceptors (Lipinski definition) is 4. The van der Waals surface area contributed by atoms with Gasteiger partial charge in [-0.2, -0.15) is 0 Å². The normalized spacial score (nSPS) is 14.1. The third-order valence-corrected chi connectivity index (χ3v) is 5.42. The molecular formula is C25H32N2O4. The number of carbonyl (C=O) groups is 2. The SMILES string of the molecule is Cc1ccccc1OCCCC(=O)N1CCCN(C(=O)CCOc2ccccc2)CC1. The molecule has 0 spiro atoms. The molecule has 0 N–H and O–H groups in total. The standard InChI is InChI=1S/C25H32N2O4/c1-21-9-5-6-12-23(21)31-19-7-13-24(28)26-15-8-16-27(18-17-26)25(29)14-20-30-22-10-3-2-4-11-22/h2-6,9-12H,7-8,13-20H2,1H3. The first-order valence-corrected chi connectivity index (χ1v) is 11.1. The monoisotopic (exact) mass is 424 g/mol. The number of para-hydroxylation sites is 2. The second kappa shape index (κ2) is 12.0. The molecule has 1 heterocycles. The topological polar surface area (TPSA) is 59.1 Å². The highest BCUT2D eigenvalue weighted by molar-refractivity contribution is 5.77. The second-order valence-electron chi connectivity index (χ2n) is 7.74. The summed E-state index contributed by atoms with van der Waals surface area (Å²) < 4.78 is 11.4. The van der Waals surface area contributed by atoms with Crippen molar-refractivity contribution in [3.8, 4) is 11.5 Å². The Morgan fingerprint density at radius 1 is 0.774 bits per heavy atom. The van der Waals surface area contributed by atoms with E-state index in [4.69, 9.17) is 9.47 Å². The van der Waals surface area contributed by atoms with Crippen LogP contribution in [-0.2, 0) is 9.59 Å². The molecule has 2 aromatic carbocycles. The minimum Gasteiger partial charge on any atom is -0.493 e. The molecule has 0 atom stereocenters. The smallest absolute Gasteiger partial charge is 0.226 e. The van der Waals surface area contributed by atoms with E-state index < -0.39 is 0 Å². The number of amides is 2. The molecule has 2 amide bonds. The van der Waals surface area contributed by atoms with Crippen molar-refractivity contribution in [2.24, 2.45) is 0 Å². The molecular weight excluding hydrogens is 392 g/mol. The number of rotatable bonds is 9. The lowest BCUT2D eigenvalue weighted by Gasteiger charge is -2.22. The first kappa shape index (κ1) is 22.7. The number of hydrogen-bond donors (Lipinski definition) is 0. The predicted molar refractivity (Wildman–Crippen MR) is 120 cm³/mol. The van der Waals surface area contributed by atoms with Gasteiger partial charge < -0.3 is 19.3 Å². The first-order valence-electron chi connectivity index (χ1n) is 11.1. The van der Waals surface area contributed by atoms with E-state index in [1.54, 1.807) is 0 Å². The highest BCUT2D eigenvalue weighted by Gasteiger charge is 2.21. The van der Waals surface area contributed by atoms with Crippen molar-refractivity contribution in [1.29, 1.82) is 0 Å². The Balaban J connectivity index is 1.34. The second-order valence-corrected chi connectivity index (χ2v) is 7.74. The van der Waals surface area contributed by atoms with Crippen LogP contribution in [0.3, 0.4) is 0 Å². The molecule has 0 unspecified atom stereocenters. The third-order valence-electron chi connectivity index (χ3n) is 5.42. The zero-order valence-electron chi connectivity index (χ0n) is 18.3. The highest BCUT2D eigenvalue weighted by atomic mass is 16.5. The fourth-order valence-electron chi connectivity index (χ4n) is 3.63. The molecule has 0 aliphatic carbocycles. The zero-order chi connectivity index (χ0) is 21.9. The summed E-state index contributed by atoms with van der Waals surface area (Å²) in [6.45, 7) is 5.45. The summed E-state index contributed by atoms with van der Waals surface area (Å²) in [6.07, 6.45) is 2.30. The Labute approximate surface area is 184 Å². The van der Waals surface area contributed by atoms with E-state index in [1.807, 2.05) is 71.3 Å². The minimum atomic E-state index is 0.0804. The lowest BCUT2D eigenvalue weighted by Crippen LogP contribution is -2.37. The fourth-order valence-corrected chi connectivity index (χ4v) is 3.63. The molecule has 31 heavy (non-hydrogen) atoms. The van der Waals surface area contributed by atoms with Crippen molar-refractivity contribution >= 4 is 11.8 Å². The van der Waals surface area contributed by atoms with Crippen molar-refractivity contribution in [3.63, 3.8) is 0 Å². The number of nitrogens with zero attached hydrogens (tertiary/aromatic N) is 2. The van der Waals surface area contributed by atoms with Crippen LogP contribution >= 0.6 is 0 Å². The largest absolute Gasteiger partial charge is 0.493 e. The molecule has 0 bridgehead atoms. The average molecular weight is 425 g/mol. The number of carbonyl (C=O) groups excluding carboxylic acids is 2. The lowest BCUT2D eigenvalue weighted by molar-refractivity contribution is -0.134. The summed E-state index contributed by atoms with van der Waals surface area (Å²) >= 11 is 0. The molecule has 1 fully saturated rings. The van der Waals surface area contributed by atoms with Gasteiger partial charge in [0.25, 0.3) is 0 Å². The van der Waals surface area contributed by atoms with Gasteiger partial charge in [0.05, 0.1) is 19.6 Å². The summed E-state index contributed by atoms with van der Waals surface area (Å²) in [4.78, 5) is 28.8. The van der Waals surface area contributed by atoms with Gasteiger partial charge in [-0.1, -0.05) is 36.4 Å². The molecule has 1 saturated heterocycles. The summed E-state index contributed by atoms with van der Waals surface area (Å²) in [6, 6.07) is 17.4. The van der Waals surface area contributed by atoms with E-state index in [0.717, 1.165) is 23.5 Å². The Kier molecular flexibility index (Phi) is 8.76. The summed E-state index contributed by atoms with van der Waals surface area (Å²) in [7, 11) is 0. The summed E-state index contributed by atoms with van der Waals surface area (Å²) in [5.41, 5.74) is 1.10. The van der Waals surface area contributed by atoms with E-state index >= 15 is 0 Å². The molecule has 0 aromatic heterocycles. The quantitative estimate of drug-likeness (QED) is 0.576. The van der Waals surface area contributed by atoms with Crippen LogP contribution in [0, 0.1) is 6.92 Å². The summed E-state index contributed by atoms with van der Waals surface area (Å²) in [5.74, 6) is 1.86. The van der Waals surface area contributed by atoms with E-state index in [2.05, 4.69) is 0 Å². The lowest BCUT2D eigenvalue weighted by atomic mass is 10.2. The molecule has 1 aliphatic heterocycles. The van der Waals surface area contributed by atoms with E-state index in [-0.39, 0.29) is 11.8 Å². The summed E-state index contributed by atoms with van der Waals surface area (Å²) in [5, 5.41) is 0. The molecule has 0 radical (unpaired) electrons. The first-order chi connectivity index (χ1) is 15.1. The van der Waals surface area contributed by atoms with Crippen LogP contribution in [0.2, 0.25) is 0 Å². The van der Waals surface area contributed by atoms with Gasteiger partial charge in [-0.15, -0.1) is 0 Å². The van der Waals surface area contributed by atoms with Crippen LogP contribution in [-0.4, -0.2) is 61.0 Å². The number of ether oxygens (including phenoxy) is 2.